The van der Waals surface area contributed by atoms with Crippen LogP contribution in [-0.2, 0) is 19.1 Å². The van der Waals surface area contributed by atoms with Gasteiger partial charge in [-0.15, -0.1) is 0 Å². The molecule has 2 unspecified atom stereocenters. The molecule has 150 valence electrons. The molecule has 0 saturated heterocycles. The zero-order chi connectivity index (χ0) is 18.0. The van der Waals surface area contributed by atoms with Gasteiger partial charge in [-0.05, 0) is 18.3 Å². The van der Waals surface area contributed by atoms with Crippen molar-refractivity contribution in [2.24, 2.45) is 11.8 Å². The summed E-state index contributed by atoms with van der Waals surface area (Å²) in [5, 5.41) is 0. The fourth-order valence-electron chi connectivity index (χ4n) is 2.83. The summed E-state index contributed by atoms with van der Waals surface area (Å²) in [6, 6.07) is 0. The lowest BCUT2D eigenvalue weighted by Gasteiger charge is -2.34. The Kier molecular flexibility index (Phi) is 11.7. The van der Waals surface area contributed by atoms with Crippen molar-refractivity contribution in [1.29, 1.82) is 0 Å². The van der Waals surface area contributed by atoms with E-state index in [4.69, 9.17) is 9.47 Å². The van der Waals surface area contributed by atoms with Crippen LogP contribution < -0.4 is 48.0 Å². The molecule has 0 heterocycles. The highest BCUT2D eigenvalue weighted by atomic mass is 127. The van der Waals surface area contributed by atoms with Crippen LogP contribution in [0.15, 0.2) is 0 Å². The molecule has 0 aromatic heterocycles. The van der Waals surface area contributed by atoms with Gasteiger partial charge in [0.1, 0.15) is 0 Å². The number of rotatable bonds is 8. The van der Waals surface area contributed by atoms with Crippen LogP contribution in [-0.4, -0.2) is 75.6 Å². The average Bonchev–Trinajstić information content (AvgIpc) is 3.02. The van der Waals surface area contributed by atoms with Gasteiger partial charge in [0, 0.05) is 26.7 Å². The van der Waals surface area contributed by atoms with Crippen molar-refractivity contribution >= 4 is 11.9 Å². The maximum absolute atomic E-state index is 11.3. The number of halogens is 2. The summed E-state index contributed by atoms with van der Waals surface area (Å²) < 4.78 is 12.2. The van der Waals surface area contributed by atoms with E-state index in [0.29, 0.717) is 20.8 Å². The van der Waals surface area contributed by atoms with Crippen molar-refractivity contribution in [2.75, 3.05) is 42.3 Å². The van der Waals surface area contributed by atoms with Crippen LogP contribution in [0.3, 0.4) is 0 Å². The highest BCUT2D eigenvalue weighted by Gasteiger charge is 2.46. The van der Waals surface area contributed by atoms with Gasteiger partial charge in [0.05, 0.1) is 42.3 Å². The Morgan fingerprint density at radius 2 is 1.08 bits per heavy atom. The minimum Gasteiger partial charge on any atom is -1.00 e. The lowest BCUT2D eigenvalue weighted by Crippen LogP contribution is -3.00. The quantitative estimate of drug-likeness (QED) is 0.125. The van der Waals surface area contributed by atoms with E-state index in [9.17, 15) is 9.59 Å². The summed E-state index contributed by atoms with van der Waals surface area (Å²) in [7, 11) is 12.2. The first-order valence-electron chi connectivity index (χ1n) is 8.27. The van der Waals surface area contributed by atoms with Crippen molar-refractivity contribution in [2.45, 2.75) is 45.6 Å². The summed E-state index contributed by atoms with van der Waals surface area (Å²) in [5.41, 5.74) is 0. The summed E-state index contributed by atoms with van der Waals surface area (Å²) >= 11 is 0. The third-order valence-corrected chi connectivity index (χ3v) is 4.41. The lowest BCUT2D eigenvalue weighted by molar-refractivity contribution is -0.918. The predicted octanol–water partition coefficient (Wildman–Crippen LogP) is -4.40. The Labute approximate surface area is 186 Å². The molecule has 1 aliphatic rings. The highest BCUT2D eigenvalue weighted by molar-refractivity contribution is 5.66. The second-order valence-electron chi connectivity index (χ2n) is 8.59. The van der Waals surface area contributed by atoms with Crippen molar-refractivity contribution in [3.05, 3.63) is 0 Å². The largest absolute Gasteiger partial charge is 1.00 e. The molecule has 1 saturated carbocycles. The van der Waals surface area contributed by atoms with E-state index in [1.54, 1.807) is 0 Å². The second kappa shape index (κ2) is 10.6. The van der Waals surface area contributed by atoms with Crippen LogP contribution in [0, 0.1) is 11.8 Å². The molecule has 25 heavy (non-hydrogen) atoms. The molecular weight excluding hydrogens is 550 g/mol. The Morgan fingerprint density at radius 3 is 1.28 bits per heavy atom. The third-order valence-electron chi connectivity index (χ3n) is 4.41. The second-order valence-corrected chi connectivity index (χ2v) is 8.59. The third kappa shape index (κ3) is 10.3. The predicted molar refractivity (Wildman–Crippen MR) is 88.0 cm³/mol. The topological polar surface area (TPSA) is 52.6 Å². The van der Waals surface area contributed by atoms with E-state index in [0.717, 1.165) is 19.3 Å². The Bertz CT molecular complexity index is 407. The van der Waals surface area contributed by atoms with Gasteiger partial charge in [-0.25, -0.2) is 0 Å². The van der Waals surface area contributed by atoms with E-state index in [1.165, 1.54) is 13.8 Å². The minimum absolute atomic E-state index is 0. The molecule has 6 nitrogen and oxygen atoms in total. The van der Waals surface area contributed by atoms with Crippen molar-refractivity contribution in [3.63, 3.8) is 0 Å². The fraction of sp³-hybridized carbons (Fsp3) is 0.882. The maximum Gasteiger partial charge on any atom is 0.307 e. The lowest BCUT2D eigenvalue weighted by atomic mass is 10.1. The molecule has 1 aliphatic carbocycles. The molecule has 0 N–H and O–H groups in total. The zero-order valence-corrected chi connectivity index (χ0v) is 21.0. The number of ether oxygens (including phenoxy) is 2. The molecule has 1 rings (SSSR count). The minimum atomic E-state index is -0.232. The molecule has 0 amide bonds. The Balaban J connectivity index is 0. The van der Waals surface area contributed by atoms with Crippen molar-refractivity contribution < 1.29 is 76.0 Å². The van der Waals surface area contributed by atoms with Crippen LogP contribution in [0.1, 0.15) is 33.1 Å². The van der Waals surface area contributed by atoms with E-state index in [2.05, 4.69) is 0 Å². The van der Waals surface area contributed by atoms with Gasteiger partial charge in [0.15, 0.2) is 0 Å². The van der Waals surface area contributed by atoms with E-state index >= 15 is 0 Å². The molecule has 0 radical (unpaired) electrons. The summed E-state index contributed by atoms with van der Waals surface area (Å²) in [6.07, 6.45) is 2.57. The van der Waals surface area contributed by atoms with Crippen LogP contribution >= 0.6 is 0 Å². The van der Waals surface area contributed by atoms with Gasteiger partial charge >= 0.3 is 11.9 Å². The zero-order valence-electron chi connectivity index (χ0n) is 16.7. The van der Waals surface area contributed by atoms with Crippen LogP contribution in [0.25, 0.3) is 0 Å². The Morgan fingerprint density at radius 1 is 0.800 bits per heavy atom. The molecule has 8 heteroatoms. The van der Waals surface area contributed by atoms with Crippen molar-refractivity contribution in [1.82, 2.24) is 0 Å². The molecule has 0 bridgehead atoms. The monoisotopic (exact) mass is 584 g/mol. The number of nitrogens with zero attached hydrogens (tertiary/aromatic N) is 2. The summed E-state index contributed by atoms with van der Waals surface area (Å²) in [6.45, 7) is 2.92. The van der Waals surface area contributed by atoms with Crippen LogP contribution in [0.4, 0.5) is 0 Å². The molecule has 4 atom stereocenters. The molecule has 1 fully saturated rings. The fourth-order valence-corrected chi connectivity index (χ4v) is 2.83. The normalized spacial score (nSPS) is 21.9. The number of carbonyl (C=O) groups excluding carboxylic acids is 2. The summed E-state index contributed by atoms with van der Waals surface area (Å²) in [5.74, 6) is 0.594. The molecule has 0 aromatic carbocycles. The van der Waals surface area contributed by atoms with Gasteiger partial charge in [0.25, 0.3) is 0 Å². The molecule has 0 aromatic rings. The van der Waals surface area contributed by atoms with Gasteiger partial charge in [0.2, 0.25) is 12.5 Å². The highest BCUT2D eigenvalue weighted by Crippen LogP contribution is 2.47. The maximum atomic E-state index is 11.3. The van der Waals surface area contributed by atoms with Gasteiger partial charge in [-0.3, -0.25) is 18.6 Å². The first-order valence-corrected chi connectivity index (χ1v) is 8.27. The van der Waals surface area contributed by atoms with Gasteiger partial charge in [-0.1, -0.05) is 0 Å². The standard InChI is InChI=1S/C17H34N2O4.2HI/c1-12(20)22-16(18(3,4)5)10-14-9-15(14)11-17(19(6,7)8)23-13(2)21;;/h14-17H,9-11H2,1-8H3;2*1H/q+2;;/p-2/t14-,15-,16?,17?;;/m1../s1. The van der Waals surface area contributed by atoms with E-state index in [1.807, 2.05) is 42.3 Å². The van der Waals surface area contributed by atoms with E-state index < -0.39 is 0 Å². The first-order chi connectivity index (χ1) is 10.3. The number of carbonyl (C=O) groups is 2. The average molecular weight is 584 g/mol. The van der Waals surface area contributed by atoms with E-state index in [-0.39, 0.29) is 72.3 Å². The molecule has 0 spiro atoms. The van der Waals surface area contributed by atoms with Gasteiger partial charge < -0.3 is 57.4 Å². The number of quaternary nitrogens is 2. The SMILES string of the molecule is CC(=O)OC(C[C@H]1C[C@@H]1CC(OC(C)=O)[N+](C)(C)C)[N+](C)(C)C.[I-].[I-]. The first kappa shape index (κ1) is 27.5. The number of hydrogen-bond acceptors (Lipinski definition) is 4. The van der Waals surface area contributed by atoms with Gasteiger partial charge in [-0.2, -0.15) is 0 Å². The number of esters is 2. The Hall–Kier alpha value is 0.320. The number of hydrogen-bond donors (Lipinski definition) is 0. The smallest absolute Gasteiger partial charge is 0.307 e. The van der Waals surface area contributed by atoms with Crippen LogP contribution in [0.2, 0.25) is 0 Å². The molecular formula is C17H34I2N2O4. The summed E-state index contributed by atoms with van der Waals surface area (Å²) in [4.78, 5) is 22.6. The van der Waals surface area contributed by atoms with Crippen molar-refractivity contribution in [3.8, 4) is 0 Å². The molecule has 0 aliphatic heterocycles. The van der Waals surface area contributed by atoms with Crippen LogP contribution in [0.5, 0.6) is 0 Å².